The molecular formula is C20H21ClN2O3S2. The average molecular weight is 437 g/mol. The van der Waals surface area contributed by atoms with Gasteiger partial charge in [0.25, 0.3) is 10.0 Å². The molecule has 0 bridgehead atoms. The highest BCUT2D eigenvalue weighted by molar-refractivity contribution is 8.00. The predicted molar refractivity (Wildman–Crippen MR) is 114 cm³/mol. The number of carbonyl (C=O) groups is 1. The molecule has 5 nitrogen and oxygen atoms in total. The van der Waals surface area contributed by atoms with E-state index in [1.54, 1.807) is 60.0 Å². The van der Waals surface area contributed by atoms with Crippen molar-refractivity contribution in [3.8, 4) is 0 Å². The summed E-state index contributed by atoms with van der Waals surface area (Å²) in [7, 11) is -3.79. The largest absolute Gasteiger partial charge is 0.310 e. The number of amides is 1. The van der Waals surface area contributed by atoms with Crippen molar-refractivity contribution in [3.05, 3.63) is 47.0 Å². The number of aryl methyl sites for hydroxylation is 1. The highest BCUT2D eigenvalue weighted by Gasteiger charge is 2.37. The average Bonchev–Trinajstić information content (AvgIpc) is 3.47. The highest BCUT2D eigenvalue weighted by atomic mass is 35.5. The molecule has 1 aliphatic carbocycles. The van der Waals surface area contributed by atoms with Gasteiger partial charge in [0.2, 0.25) is 5.91 Å². The number of hydrogen-bond donors (Lipinski definition) is 1. The zero-order chi connectivity index (χ0) is 20.1. The van der Waals surface area contributed by atoms with Gasteiger partial charge < -0.3 is 4.90 Å². The van der Waals surface area contributed by atoms with Crippen LogP contribution in [-0.2, 0) is 14.8 Å². The van der Waals surface area contributed by atoms with E-state index in [1.165, 1.54) is 0 Å². The summed E-state index contributed by atoms with van der Waals surface area (Å²) in [4.78, 5) is 15.6. The van der Waals surface area contributed by atoms with Gasteiger partial charge in [-0.25, -0.2) is 8.42 Å². The first-order valence-electron chi connectivity index (χ1n) is 9.15. The van der Waals surface area contributed by atoms with Gasteiger partial charge >= 0.3 is 0 Å². The second-order valence-corrected chi connectivity index (χ2v) is 10.9. The summed E-state index contributed by atoms with van der Waals surface area (Å²) in [5.41, 5.74) is 1.91. The van der Waals surface area contributed by atoms with Crippen LogP contribution in [0, 0.1) is 12.8 Å². The predicted octanol–water partition coefficient (Wildman–Crippen LogP) is 4.69. The number of nitrogens with zero attached hydrogens (tertiary/aromatic N) is 1. The van der Waals surface area contributed by atoms with E-state index < -0.39 is 10.0 Å². The summed E-state index contributed by atoms with van der Waals surface area (Å²) in [5, 5.41) is 0.821. The molecule has 148 valence electrons. The summed E-state index contributed by atoms with van der Waals surface area (Å²) in [5.74, 6) is 0.183. The van der Waals surface area contributed by atoms with E-state index in [0.29, 0.717) is 22.9 Å². The van der Waals surface area contributed by atoms with Crippen molar-refractivity contribution in [1.29, 1.82) is 0 Å². The van der Waals surface area contributed by atoms with Gasteiger partial charge in [-0.3, -0.25) is 9.52 Å². The van der Waals surface area contributed by atoms with E-state index >= 15 is 0 Å². The van der Waals surface area contributed by atoms with Crippen LogP contribution in [-0.4, -0.2) is 26.1 Å². The van der Waals surface area contributed by atoms with E-state index in [0.717, 1.165) is 23.3 Å². The fourth-order valence-electron chi connectivity index (χ4n) is 3.29. The summed E-state index contributed by atoms with van der Waals surface area (Å²) >= 11 is 7.62. The van der Waals surface area contributed by atoms with Crippen LogP contribution in [0.2, 0.25) is 5.02 Å². The number of carbonyl (C=O) groups excluding carboxylic acids is 1. The lowest BCUT2D eigenvalue weighted by Crippen LogP contribution is -2.39. The third-order valence-corrected chi connectivity index (χ3v) is 7.67. The number of anilines is 2. The Morgan fingerprint density at radius 3 is 2.64 bits per heavy atom. The molecule has 1 heterocycles. The fraction of sp³-hybridized carbons (Fsp3) is 0.350. The maximum atomic E-state index is 13.0. The normalized spacial score (nSPS) is 19.2. The molecule has 1 N–H and O–H groups in total. The monoisotopic (exact) mass is 436 g/mol. The van der Waals surface area contributed by atoms with Gasteiger partial charge in [-0.1, -0.05) is 18.5 Å². The van der Waals surface area contributed by atoms with E-state index in [9.17, 15) is 13.2 Å². The Morgan fingerprint density at radius 2 is 1.96 bits per heavy atom. The van der Waals surface area contributed by atoms with Crippen LogP contribution in [0.3, 0.4) is 0 Å². The van der Waals surface area contributed by atoms with Crippen molar-refractivity contribution in [2.75, 3.05) is 16.2 Å². The summed E-state index contributed by atoms with van der Waals surface area (Å²) in [6.07, 6.45) is 1.84. The lowest BCUT2D eigenvalue weighted by Gasteiger charge is -2.33. The van der Waals surface area contributed by atoms with Crippen molar-refractivity contribution in [3.63, 3.8) is 0 Å². The van der Waals surface area contributed by atoms with Crippen molar-refractivity contribution < 1.29 is 13.2 Å². The van der Waals surface area contributed by atoms with Gasteiger partial charge in [0.1, 0.15) is 0 Å². The maximum absolute atomic E-state index is 13.0. The molecular weight excluding hydrogens is 416 g/mol. The first kappa shape index (κ1) is 19.6. The quantitative estimate of drug-likeness (QED) is 0.755. The number of nitrogens with one attached hydrogen (secondary N) is 1. The molecule has 2 aromatic carbocycles. The van der Waals surface area contributed by atoms with Crippen LogP contribution in [0.1, 0.15) is 25.3 Å². The Bertz CT molecular complexity index is 1050. The van der Waals surface area contributed by atoms with Crippen LogP contribution < -0.4 is 9.62 Å². The van der Waals surface area contributed by atoms with Gasteiger partial charge in [-0.15, -0.1) is 11.8 Å². The van der Waals surface area contributed by atoms with Crippen molar-refractivity contribution >= 4 is 50.7 Å². The second-order valence-electron chi connectivity index (χ2n) is 7.35. The molecule has 1 aliphatic heterocycles. The SMILES string of the molecule is Cc1cc(Cl)ccc1NS(=O)(=O)c1ccc2c(c1)N(C(=O)C1CC1)C[C@H](C)S2. The molecule has 8 heteroatoms. The number of halogens is 1. The minimum Gasteiger partial charge on any atom is -0.310 e. The number of rotatable bonds is 4. The Kier molecular flexibility index (Phi) is 5.10. The smallest absolute Gasteiger partial charge is 0.261 e. The molecule has 0 aromatic heterocycles. The maximum Gasteiger partial charge on any atom is 0.261 e. The summed E-state index contributed by atoms with van der Waals surface area (Å²) < 4.78 is 28.5. The summed E-state index contributed by atoms with van der Waals surface area (Å²) in [6.45, 7) is 4.47. The van der Waals surface area contributed by atoms with Gasteiger partial charge in [0.15, 0.2) is 0 Å². The van der Waals surface area contributed by atoms with Gasteiger partial charge in [-0.2, -0.15) is 0 Å². The molecule has 0 unspecified atom stereocenters. The number of sulfonamides is 1. The highest BCUT2D eigenvalue weighted by Crippen LogP contribution is 2.42. The molecule has 28 heavy (non-hydrogen) atoms. The molecule has 2 aromatic rings. The van der Waals surface area contributed by atoms with Gasteiger partial charge in [0, 0.05) is 27.6 Å². The molecule has 1 fully saturated rings. The zero-order valence-electron chi connectivity index (χ0n) is 15.6. The van der Waals surface area contributed by atoms with Crippen molar-refractivity contribution in [1.82, 2.24) is 0 Å². The third kappa shape index (κ3) is 3.88. The Morgan fingerprint density at radius 1 is 1.21 bits per heavy atom. The van der Waals surface area contributed by atoms with Gasteiger partial charge in [-0.05, 0) is 61.7 Å². The lowest BCUT2D eigenvalue weighted by atomic mass is 10.2. The van der Waals surface area contributed by atoms with Crippen LogP contribution in [0.15, 0.2) is 46.2 Å². The van der Waals surface area contributed by atoms with Crippen molar-refractivity contribution in [2.45, 2.75) is 41.7 Å². The van der Waals surface area contributed by atoms with Crippen LogP contribution in [0.4, 0.5) is 11.4 Å². The van der Waals surface area contributed by atoms with E-state index in [2.05, 4.69) is 11.6 Å². The number of fused-ring (bicyclic) bond motifs is 1. The number of hydrogen-bond acceptors (Lipinski definition) is 4. The first-order valence-corrected chi connectivity index (χ1v) is 11.9. The molecule has 0 radical (unpaired) electrons. The van der Waals surface area contributed by atoms with Crippen LogP contribution >= 0.6 is 23.4 Å². The lowest BCUT2D eigenvalue weighted by molar-refractivity contribution is -0.119. The second kappa shape index (κ2) is 7.28. The van der Waals surface area contributed by atoms with Gasteiger partial charge in [0.05, 0.1) is 16.3 Å². The van der Waals surface area contributed by atoms with Crippen LogP contribution in [0.5, 0.6) is 0 Å². The number of benzene rings is 2. The first-order chi connectivity index (χ1) is 13.2. The molecule has 1 amide bonds. The molecule has 0 spiro atoms. The van der Waals surface area contributed by atoms with E-state index in [1.807, 2.05) is 0 Å². The van der Waals surface area contributed by atoms with E-state index in [-0.39, 0.29) is 22.0 Å². The van der Waals surface area contributed by atoms with Crippen LogP contribution in [0.25, 0.3) is 0 Å². The standard InChI is InChI=1S/C20H21ClN2O3S2/c1-12-9-15(21)5-7-17(12)22-28(25,26)16-6-8-19-18(10-16)23(11-13(2)27-19)20(24)14-3-4-14/h5-10,13-14,22H,3-4,11H2,1-2H3/t13-/m0/s1. The molecule has 1 atom stereocenters. The molecule has 1 saturated carbocycles. The molecule has 2 aliphatic rings. The Hall–Kier alpha value is -1.70. The Balaban J connectivity index is 1.68. The topological polar surface area (TPSA) is 66.5 Å². The van der Waals surface area contributed by atoms with Crippen molar-refractivity contribution in [2.24, 2.45) is 5.92 Å². The minimum absolute atomic E-state index is 0.0817. The molecule has 0 saturated heterocycles. The summed E-state index contributed by atoms with van der Waals surface area (Å²) in [6, 6.07) is 10.0. The van der Waals surface area contributed by atoms with E-state index in [4.69, 9.17) is 11.6 Å². The fourth-order valence-corrected chi connectivity index (χ4v) is 5.76. The molecule has 4 rings (SSSR count). The Labute approximate surface area is 174 Å². The number of thioether (sulfide) groups is 1. The third-order valence-electron chi connectivity index (χ3n) is 4.92. The minimum atomic E-state index is -3.79. The zero-order valence-corrected chi connectivity index (χ0v) is 18.0.